The van der Waals surface area contributed by atoms with Gasteiger partial charge >= 0.3 is 5.97 Å². The summed E-state index contributed by atoms with van der Waals surface area (Å²) >= 11 is 6.46. The van der Waals surface area contributed by atoms with Gasteiger partial charge in [-0.3, -0.25) is 4.79 Å². The Balaban J connectivity index is 0.00000552. The first-order valence-electron chi connectivity index (χ1n) is 15.4. The number of carbonyl (C=O) groups is 2. The number of nitrogens with zero attached hydrogens (tertiary/aromatic N) is 2. The first-order valence-corrected chi connectivity index (χ1v) is 15.7. The normalized spacial score (nSPS) is 14.1. The zero-order valence-corrected chi connectivity index (χ0v) is 28.4. The smallest absolute Gasteiger partial charge is 0.329 e. The second-order valence-corrected chi connectivity index (χ2v) is 12.7. The van der Waals surface area contributed by atoms with Gasteiger partial charge in [0.15, 0.2) is 0 Å². The number of carboxylic acid groups (broad SMARTS) is 1. The highest BCUT2D eigenvalue weighted by molar-refractivity contribution is 6.32. The van der Waals surface area contributed by atoms with E-state index in [1.54, 1.807) is 6.07 Å². The lowest BCUT2D eigenvalue weighted by molar-refractivity contribution is -0.145. The molecule has 0 aliphatic heterocycles. The van der Waals surface area contributed by atoms with E-state index in [9.17, 15) is 14.7 Å². The molecule has 0 atom stereocenters. The molecule has 0 bridgehead atoms. The highest BCUT2D eigenvalue weighted by Gasteiger charge is 2.41. The van der Waals surface area contributed by atoms with Gasteiger partial charge in [-0.1, -0.05) is 56.8 Å². The van der Waals surface area contributed by atoms with Gasteiger partial charge in [0.05, 0.1) is 23.9 Å². The number of aliphatic carboxylic acids is 1. The molecule has 10 heteroatoms. The summed E-state index contributed by atoms with van der Waals surface area (Å²) in [6.45, 7) is 8.09. The van der Waals surface area contributed by atoms with Gasteiger partial charge in [-0.25, -0.2) is 9.78 Å². The van der Waals surface area contributed by atoms with Crippen molar-refractivity contribution in [2.45, 2.75) is 64.8 Å². The maximum absolute atomic E-state index is 14.0. The number of hydrogen-bond donors (Lipinski definition) is 2. The number of carboxylic acids is 1. The molecule has 1 fully saturated rings. The number of amides is 1. The lowest BCUT2D eigenvalue weighted by Gasteiger charge is -2.34. The number of hydrogen-bond acceptors (Lipinski definition) is 6. The summed E-state index contributed by atoms with van der Waals surface area (Å²) in [6, 6.07) is 14.9. The monoisotopic (exact) mass is 657 g/mol. The summed E-state index contributed by atoms with van der Waals surface area (Å²) in [7, 11) is 4.03. The third-order valence-corrected chi connectivity index (χ3v) is 8.21. The molecular weight excluding hydrogens is 613 g/mol. The third-order valence-electron chi connectivity index (χ3n) is 7.90. The molecule has 1 aromatic heterocycles. The lowest BCUT2D eigenvalue weighted by atomic mass is 9.81. The van der Waals surface area contributed by atoms with Crippen LogP contribution in [-0.4, -0.2) is 66.3 Å². The predicted octanol–water partition coefficient (Wildman–Crippen LogP) is 7.68. The molecule has 0 unspecified atom stereocenters. The molecule has 1 amide bonds. The fourth-order valence-electron chi connectivity index (χ4n) is 5.41. The maximum Gasteiger partial charge on any atom is 0.329 e. The van der Waals surface area contributed by atoms with Crippen LogP contribution >= 0.6 is 24.0 Å². The average Bonchev–Trinajstić information content (AvgIpc) is 2.99. The van der Waals surface area contributed by atoms with Crippen molar-refractivity contribution in [3.05, 3.63) is 64.8 Å². The van der Waals surface area contributed by atoms with E-state index in [0.29, 0.717) is 59.8 Å². The Morgan fingerprint density at radius 3 is 2.42 bits per heavy atom. The van der Waals surface area contributed by atoms with E-state index >= 15 is 0 Å². The standard InChI is InChI=1S/C35H44ClN3O5.ClH/c1-23(2)22-44-26-12-10-24(3)28(21-26)27-13-15-30(25-11-14-29(36)31(20-25)43-19-9-18-39(4)5)37-32(27)33(40)38-35(34(41)42)16-7-6-8-17-35;/h10-15,20-21,23H,6-9,16-19,22H2,1-5H3,(H,38,40)(H,41,42);1H. The van der Waals surface area contributed by atoms with E-state index in [2.05, 4.69) is 24.1 Å². The van der Waals surface area contributed by atoms with Crippen LogP contribution in [0.4, 0.5) is 0 Å². The van der Waals surface area contributed by atoms with Gasteiger partial charge in [0.2, 0.25) is 0 Å². The number of nitrogens with one attached hydrogen (secondary N) is 1. The highest BCUT2D eigenvalue weighted by Crippen LogP contribution is 2.35. The van der Waals surface area contributed by atoms with Crippen molar-refractivity contribution in [3.63, 3.8) is 0 Å². The second-order valence-electron chi connectivity index (χ2n) is 12.3. The highest BCUT2D eigenvalue weighted by atomic mass is 35.5. The Morgan fingerprint density at radius 1 is 1.02 bits per heavy atom. The molecule has 1 heterocycles. The maximum atomic E-state index is 14.0. The molecule has 45 heavy (non-hydrogen) atoms. The van der Waals surface area contributed by atoms with Crippen LogP contribution < -0.4 is 14.8 Å². The second kappa shape index (κ2) is 16.3. The summed E-state index contributed by atoms with van der Waals surface area (Å²) in [4.78, 5) is 33.4. The fourth-order valence-corrected chi connectivity index (χ4v) is 5.59. The minimum Gasteiger partial charge on any atom is -0.493 e. The number of aromatic nitrogens is 1. The van der Waals surface area contributed by atoms with Crippen molar-refractivity contribution in [2.75, 3.05) is 33.9 Å². The van der Waals surface area contributed by atoms with Crippen LogP contribution in [0.15, 0.2) is 48.5 Å². The summed E-state index contributed by atoms with van der Waals surface area (Å²) < 4.78 is 12.0. The largest absolute Gasteiger partial charge is 0.493 e. The Hall–Kier alpha value is -3.33. The quantitative estimate of drug-likeness (QED) is 0.182. The van der Waals surface area contributed by atoms with Gasteiger partial charge in [-0.15, -0.1) is 12.4 Å². The molecule has 2 aromatic carbocycles. The van der Waals surface area contributed by atoms with Crippen LogP contribution in [0.3, 0.4) is 0 Å². The molecule has 1 aliphatic rings. The van der Waals surface area contributed by atoms with Crippen molar-refractivity contribution in [1.82, 2.24) is 15.2 Å². The minimum absolute atomic E-state index is 0. The van der Waals surface area contributed by atoms with Crippen molar-refractivity contribution < 1.29 is 24.2 Å². The molecule has 1 aliphatic carbocycles. The Labute approximate surface area is 277 Å². The fraction of sp³-hybridized carbons (Fsp3) is 0.457. The molecule has 3 aromatic rings. The number of pyridine rings is 1. The molecule has 4 rings (SSSR count). The molecule has 2 N–H and O–H groups in total. The van der Waals surface area contributed by atoms with Crippen LogP contribution in [0.25, 0.3) is 22.4 Å². The van der Waals surface area contributed by atoms with Crippen molar-refractivity contribution in [2.24, 2.45) is 5.92 Å². The van der Waals surface area contributed by atoms with Gasteiger partial charge in [-0.05, 0) is 93.7 Å². The molecular formula is C35H45Cl2N3O5. The van der Waals surface area contributed by atoms with E-state index in [1.807, 2.05) is 63.5 Å². The number of ether oxygens (including phenoxy) is 2. The lowest BCUT2D eigenvalue weighted by Crippen LogP contribution is -2.55. The average molecular weight is 659 g/mol. The van der Waals surface area contributed by atoms with Crippen LogP contribution in [0.5, 0.6) is 11.5 Å². The Morgan fingerprint density at radius 2 is 1.76 bits per heavy atom. The van der Waals surface area contributed by atoms with Crippen molar-refractivity contribution in [3.8, 4) is 33.9 Å². The van der Waals surface area contributed by atoms with Crippen molar-refractivity contribution >= 4 is 35.9 Å². The summed E-state index contributed by atoms with van der Waals surface area (Å²) in [5.74, 6) is 0.0480. The van der Waals surface area contributed by atoms with Crippen molar-refractivity contribution in [1.29, 1.82) is 0 Å². The number of benzene rings is 2. The number of carbonyl (C=O) groups excluding carboxylic acids is 1. The van der Waals surface area contributed by atoms with Crippen LogP contribution in [0, 0.1) is 12.8 Å². The van der Waals surface area contributed by atoms with E-state index in [0.717, 1.165) is 48.9 Å². The Kier molecular flexibility index (Phi) is 13.1. The number of halogens is 2. The van der Waals surface area contributed by atoms with Crippen LogP contribution in [0.1, 0.15) is 68.4 Å². The molecule has 244 valence electrons. The molecule has 1 saturated carbocycles. The predicted molar refractivity (Wildman–Crippen MR) is 182 cm³/mol. The number of rotatable bonds is 13. The topological polar surface area (TPSA) is 101 Å². The molecule has 0 saturated heterocycles. The van der Waals surface area contributed by atoms with Crippen LogP contribution in [0.2, 0.25) is 5.02 Å². The minimum atomic E-state index is -1.32. The van der Waals surface area contributed by atoms with E-state index < -0.39 is 17.4 Å². The van der Waals surface area contributed by atoms with Gasteiger partial charge in [0.1, 0.15) is 22.7 Å². The van der Waals surface area contributed by atoms with Gasteiger partial charge in [-0.2, -0.15) is 0 Å². The van der Waals surface area contributed by atoms with E-state index in [4.69, 9.17) is 26.1 Å². The SMILES string of the molecule is Cc1ccc(OCC(C)C)cc1-c1ccc(-c2ccc(Cl)c(OCCCN(C)C)c2)nc1C(=O)NC1(C(=O)O)CCCCC1.Cl. The molecule has 0 spiro atoms. The zero-order chi connectivity index (χ0) is 31.9. The van der Waals surface area contributed by atoms with Gasteiger partial charge in [0, 0.05) is 17.7 Å². The third kappa shape index (κ3) is 9.35. The summed E-state index contributed by atoms with van der Waals surface area (Å²) in [6.07, 6.45) is 4.03. The van der Waals surface area contributed by atoms with E-state index in [1.165, 1.54) is 0 Å². The Bertz CT molecular complexity index is 1470. The number of aryl methyl sites for hydroxylation is 1. The molecule has 0 radical (unpaired) electrons. The van der Waals surface area contributed by atoms with Crippen LogP contribution in [-0.2, 0) is 4.79 Å². The van der Waals surface area contributed by atoms with E-state index in [-0.39, 0.29) is 18.1 Å². The summed E-state index contributed by atoms with van der Waals surface area (Å²) in [5.41, 5.74) is 2.45. The van der Waals surface area contributed by atoms with Gasteiger partial charge < -0.3 is 24.8 Å². The first kappa shape index (κ1) is 36.1. The van der Waals surface area contributed by atoms with Gasteiger partial charge in [0.25, 0.3) is 5.91 Å². The zero-order valence-electron chi connectivity index (χ0n) is 26.8. The molecule has 8 nitrogen and oxygen atoms in total. The first-order chi connectivity index (χ1) is 21.0. The summed E-state index contributed by atoms with van der Waals surface area (Å²) in [5, 5.41) is 13.6.